The summed E-state index contributed by atoms with van der Waals surface area (Å²) in [5.41, 5.74) is 2.79. The summed E-state index contributed by atoms with van der Waals surface area (Å²) >= 11 is 1.61. The quantitative estimate of drug-likeness (QED) is 0.298. The van der Waals surface area contributed by atoms with Crippen molar-refractivity contribution in [1.82, 2.24) is 33.8 Å². The van der Waals surface area contributed by atoms with Gasteiger partial charge in [0.05, 0.1) is 51.7 Å². The van der Waals surface area contributed by atoms with Gasteiger partial charge >= 0.3 is 0 Å². The van der Waals surface area contributed by atoms with E-state index in [1.807, 2.05) is 55.3 Å². The normalized spacial score (nSPS) is 20.9. The molecule has 0 saturated carbocycles. The molecule has 0 aliphatic carbocycles. The Hall–Kier alpha value is -3.10. The van der Waals surface area contributed by atoms with Gasteiger partial charge < -0.3 is 19.9 Å². The van der Waals surface area contributed by atoms with Gasteiger partial charge in [0, 0.05) is 31.4 Å². The van der Waals surface area contributed by atoms with Crippen LogP contribution >= 0.6 is 23.3 Å². The first-order valence-electron chi connectivity index (χ1n) is 13.9. The molecule has 42 heavy (non-hydrogen) atoms. The summed E-state index contributed by atoms with van der Waals surface area (Å²) in [5, 5.41) is 8.39. The molecule has 224 valence electrons. The SMILES string of the molecule is CN1CC[C@@H](Nc2ccc3n4c(c(-c5nsc(CNC(=O)c6cnn(C(C)(C)C)c6)n5)cc24)SC(F)(F)CC3)[C@@H](F)C1. The van der Waals surface area contributed by atoms with Crippen LogP contribution in [0.25, 0.3) is 16.9 Å². The van der Waals surface area contributed by atoms with Crippen LogP contribution in [0.2, 0.25) is 0 Å². The van der Waals surface area contributed by atoms with Crippen molar-refractivity contribution >= 4 is 40.4 Å². The molecule has 14 heteroatoms. The van der Waals surface area contributed by atoms with E-state index < -0.39 is 11.4 Å². The first kappa shape index (κ1) is 29.0. The number of carbonyl (C=O) groups is 1. The minimum atomic E-state index is -2.97. The van der Waals surface area contributed by atoms with Crippen molar-refractivity contribution < 1.29 is 18.0 Å². The summed E-state index contributed by atoms with van der Waals surface area (Å²) in [5.74, 6) is 0.0207. The molecule has 2 aliphatic heterocycles. The average molecular weight is 619 g/mol. The van der Waals surface area contributed by atoms with E-state index in [4.69, 9.17) is 0 Å². The van der Waals surface area contributed by atoms with Crippen molar-refractivity contribution in [2.24, 2.45) is 0 Å². The molecular weight excluding hydrogens is 585 g/mol. The first-order chi connectivity index (χ1) is 19.9. The predicted molar refractivity (Wildman–Crippen MR) is 158 cm³/mol. The van der Waals surface area contributed by atoms with E-state index in [-0.39, 0.29) is 36.9 Å². The Morgan fingerprint density at radius 3 is 2.81 bits per heavy atom. The van der Waals surface area contributed by atoms with E-state index in [9.17, 15) is 18.0 Å². The minimum absolute atomic E-state index is 0.134. The molecule has 4 aromatic heterocycles. The maximum absolute atomic E-state index is 14.9. The Balaban J connectivity index is 1.28. The molecule has 0 unspecified atom stereocenters. The van der Waals surface area contributed by atoms with Crippen molar-refractivity contribution in [3.63, 3.8) is 0 Å². The number of hydrogen-bond acceptors (Lipinski definition) is 8. The number of amides is 1. The summed E-state index contributed by atoms with van der Waals surface area (Å²) in [6, 6.07) is 5.13. The minimum Gasteiger partial charge on any atom is -0.378 e. The number of aromatic nitrogens is 5. The average Bonchev–Trinajstić information content (AvgIpc) is 3.65. The molecule has 6 heterocycles. The van der Waals surface area contributed by atoms with Crippen LogP contribution in [0.3, 0.4) is 0 Å². The Morgan fingerprint density at radius 1 is 1.26 bits per heavy atom. The molecule has 1 saturated heterocycles. The molecule has 0 bridgehead atoms. The third-order valence-corrected chi connectivity index (χ3v) is 9.42. The number of hydrogen-bond donors (Lipinski definition) is 2. The highest BCUT2D eigenvalue weighted by Gasteiger charge is 2.37. The van der Waals surface area contributed by atoms with Gasteiger partial charge in [0.2, 0.25) is 0 Å². The number of carbonyl (C=O) groups excluding carboxylic acids is 1. The fourth-order valence-corrected chi connectivity index (χ4v) is 6.93. The Labute approximate surface area is 250 Å². The van der Waals surface area contributed by atoms with Gasteiger partial charge in [-0.25, -0.2) is 9.37 Å². The lowest BCUT2D eigenvalue weighted by atomic mass is 10.0. The number of halogens is 3. The topological polar surface area (TPSA) is 92.4 Å². The number of aryl methyl sites for hydroxylation is 1. The summed E-state index contributed by atoms with van der Waals surface area (Å²) < 4.78 is 52.8. The molecule has 1 fully saturated rings. The van der Waals surface area contributed by atoms with Crippen molar-refractivity contribution in [3.8, 4) is 11.4 Å². The van der Waals surface area contributed by atoms with Crippen LogP contribution in [-0.4, -0.2) is 72.0 Å². The summed E-state index contributed by atoms with van der Waals surface area (Å²) in [6.07, 6.45) is 2.70. The molecule has 2 N–H and O–H groups in total. The van der Waals surface area contributed by atoms with Gasteiger partial charge in [0.1, 0.15) is 11.2 Å². The third-order valence-electron chi connectivity index (χ3n) is 7.61. The van der Waals surface area contributed by atoms with E-state index in [1.165, 1.54) is 6.20 Å². The van der Waals surface area contributed by atoms with Crippen LogP contribution in [0.5, 0.6) is 0 Å². The van der Waals surface area contributed by atoms with E-state index in [0.29, 0.717) is 62.9 Å². The second-order valence-electron chi connectivity index (χ2n) is 11.9. The van der Waals surface area contributed by atoms with Gasteiger partial charge in [-0.2, -0.15) is 18.3 Å². The van der Waals surface area contributed by atoms with E-state index in [2.05, 4.69) is 25.1 Å². The third kappa shape index (κ3) is 5.76. The van der Waals surface area contributed by atoms with Crippen LogP contribution in [0.15, 0.2) is 35.6 Å². The zero-order valence-electron chi connectivity index (χ0n) is 23.8. The standard InChI is InChI=1S/C28H33F3N8OS2/c1-27(2,3)38-14-16(12-33-38)25(40)32-13-23-35-24(36-42-23)18-11-22-21(34-20-8-10-37(4)15-19(20)29)6-5-17-7-9-28(30,31)41-26(18)39(17)22/h5-6,11-12,14,19-20,34H,7-10,13,15H2,1-4H3,(H,32,40)/t19-,20+/m0/s1. The van der Waals surface area contributed by atoms with Crippen molar-refractivity contribution in [1.29, 1.82) is 0 Å². The summed E-state index contributed by atoms with van der Waals surface area (Å²) in [7, 11) is 1.90. The number of alkyl halides is 3. The summed E-state index contributed by atoms with van der Waals surface area (Å²) in [6.45, 7) is 7.23. The van der Waals surface area contributed by atoms with Gasteiger partial charge in [0.15, 0.2) is 5.82 Å². The molecule has 1 amide bonds. The highest BCUT2D eigenvalue weighted by molar-refractivity contribution is 8.00. The Morgan fingerprint density at radius 2 is 2.07 bits per heavy atom. The second kappa shape index (κ2) is 10.9. The zero-order chi connectivity index (χ0) is 29.8. The molecule has 2 atom stereocenters. The smallest absolute Gasteiger partial charge is 0.299 e. The van der Waals surface area contributed by atoms with Gasteiger partial charge in [-0.1, -0.05) is 0 Å². The van der Waals surface area contributed by atoms with Crippen LogP contribution < -0.4 is 10.6 Å². The predicted octanol–water partition coefficient (Wildman–Crippen LogP) is 5.42. The van der Waals surface area contributed by atoms with E-state index in [0.717, 1.165) is 23.8 Å². The Bertz CT molecular complexity index is 1620. The van der Waals surface area contributed by atoms with Crippen LogP contribution in [-0.2, 0) is 18.5 Å². The lowest BCUT2D eigenvalue weighted by Crippen LogP contribution is -2.46. The number of piperidine rings is 1. The van der Waals surface area contributed by atoms with Crippen LogP contribution in [0, 0.1) is 0 Å². The number of anilines is 1. The largest absolute Gasteiger partial charge is 0.378 e. The van der Waals surface area contributed by atoms with Gasteiger partial charge in [-0.05, 0) is 82.2 Å². The van der Waals surface area contributed by atoms with Crippen LogP contribution in [0.4, 0.5) is 18.9 Å². The number of nitrogens with zero attached hydrogens (tertiary/aromatic N) is 6. The van der Waals surface area contributed by atoms with E-state index in [1.54, 1.807) is 10.9 Å². The van der Waals surface area contributed by atoms with Gasteiger partial charge in [-0.15, -0.1) is 0 Å². The molecule has 9 nitrogen and oxygen atoms in total. The molecule has 2 aliphatic rings. The molecule has 0 spiro atoms. The first-order valence-corrected chi connectivity index (χ1v) is 15.5. The highest BCUT2D eigenvalue weighted by atomic mass is 32.2. The van der Waals surface area contributed by atoms with Gasteiger partial charge in [-0.3, -0.25) is 9.48 Å². The molecule has 0 radical (unpaired) electrons. The van der Waals surface area contributed by atoms with E-state index >= 15 is 0 Å². The number of nitrogens with one attached hydrogen (secondary N) is 2. The van der Waals surface area contributed by atoms with Crippen molar-refractivity contribution in [2.75, 3.05) is 25.5 Å². The Kier molecular flexibility index (Phi) is 7.50. The lowest BCUT2D eigenvalue weighted by Gasteiger charge is -2.33. The number of likely N-dealkylation sites (tertiary alicyclic amines) is 1. The monoisotopic (exact) mass is 618 g/mol. The second-order valence-corrected chi connectivity index (χ2v) is 13.9. The van der Waals surface area contributed by atoms with Crippen molar-refractivity contribution in [3.05, 3.63) is 46.9 Å². The van der Waals surface area contributed by atoms with Crippen molar-refractivity contribution in [2.45, 2.75) is 74.6 Å². The lowest BCUT2D eigenvalue weighted by molar-refractivity contribution is 0.0948. The number of pyridine rings is 1. The maximum Gasteiger partial charge on any atom is 0.299 e. The fraction of sp³-hybridized carbons (Fsp3) is 0.500. The number of thioether (sulfide) groups is 1. The molecular formula is C28H33F3N8OS2. The maximum atomic E-state index is 14.9. The summed E-state index contributed by atoms with van der Waals surface area (Å²) in [4.78, 5) is 19.3. The number of rotatable bonds is 6. The van der Waals surface area contributed by atoms with Crippen LogP contribution in [0.1, 0.15) is 54.7 Å². The zero-order valence-corrected chi connectivity index (χ0v) is 25.5. The molecule has 0 aromatic carbocycles. The van der Waals surface area contributed by atoms with Gasteiger partial charge in [0.25, 0.3) is 11.2 Å². The fourth-order valence-electron chi connectivity index (χ4n) is 5.28. The molecule has 6 rings (SSSR count). The highest BCUT2D eigenvalue weighted by Crippen LogP contribution is 2.48. The molecule has 4 aromatic rings.